The maximum absolute atomic E-state index is 9.15. The zero-order valence-electron chi connectivity index (χ0n) is 5.41. The molecule has 3 heteroatoms. The van der Waals surface area contributed by atoms with E-state index in [-0.39, 0.29) is 6.15 Å². The van der Waals surface area contributed by atoms with Gasteiger partial charge in [-0.3, -0.25) is 0 Å². The molecular formula is C7H9NO2. The average molecular weight is 139 g/mol. The molecule has 0 aromatic rings. The Balaban J connectivity index is 0.000000500. The fourth-order valence-corrected chi connectivity index (χ4v) is 1.10. The highest BCUT2D eigenvalue weighted by atomic mass is 16.5. The van der Waals surface area contributed by atoms with E-state index in [1.807, 2.05) is 0 Å². The van der Waals surface area contributed by atoms with Crippen molar-refractivity contribution in [1.82, 2.24) is 6.15 Å². The number of aliphatic hydroxyl groups is 2. The normalized spacial score (nSPS) is 23.8. The van der Waals surface area contributed by atoms with Crippen LogP contribution in [0.1, 0.15) is 0 Å². The first kappa shape index (κ1) is 7.21. The third-order valence-corrected chi connectivity index (χ3v) is 1.69. The second-order valence-corrected chi connectivity index (χ2v) is 2.25. The minimum Gasteiger partial charge on any atom is -0.358 e. The Hall–Kier alpha value is -0.900. The number of rotatable bonds is 0. The molecule has 0 spiro atoms. The standard InChI is InChI=1S/C7H6O2.H3N/c8-7(9)5-1-2-6(7)4-3-5;/h1-4,8-9H;1H3. The van der Waals surface area contributed by atoms with Crippen molar-refractivity contribution in [2.45, 2.75) is 5.79 Å². The van der Waals surface area contributed by atoms with E-state index in [2.05, 4.69) is 0 Å². The highest BCUT2D eigenvalue weighted by Crippen LogP contribution is 2.36. The molecule has 10 heavy (non-hydrogen) atoms. The largest absolute Gasteiger partial charge is 0.358 e. The number of allylic oxidation sites excluding steroid dienone is 2. The van der Waals surface area contributed by atoms with Gasteiger partial charge in [-0.15, -0.1) is 0 Å². The van der Waals surface area contributed by atoms with Crippen molar-refractivity contribution in [1.29, 1.82) is 0 Å². The first-order chi connectivity index (χ1) is 4.21. The van der Waals surface area contributed by atoms with Gasteiger partial charge in [-0.2, -0.15) is 0 Å². The highest BCUT2D eigenvalue weighted by Gasteiger charge is 2.37. The van der Waals surface area contributed by atoms with Crippen molar-refractivity contribution < 1.29 is 10.2 Å². The van der Waals surface area contributed by atoms with Gasteiger partial charge >= 0.3 is 0 Å². The summed E-state index contributed by atoms with van der Waals surface area (Å²) in [5.74, 6) is -1.67. The van der Waals surface area contributed by atoms with Crippen molar-refractivity contribution >= 4 is 0 Å². The lowest BCUT2D eigenvalue weighted by Crippen LogP contribution is -2.25. The molecule has 0 aliphatic heterocycles. The maximum Gasteiger partial charge on any atom is 0.217 e. The van der Waals surface area contributed by atoms with Gasteiger partial charge in [-0.25, -0.2) is 0 Å². The van der Waals surface area contributed by atoms with E-state index >= 15 is 0 Å². The van der Waals surface area contributed by atoms with Crippen LogP contribution in [0.4, 0.5) is 0 Å². The van der Waals surface area contributed by atoms with Crippen LogP contribution in [0.2, 0.25) is 0 Å². The van der Waals surface area contributed by atoms with Gasteiger partial charge in [0.1, 0.15) is 0 Å². The molecular weight excluding hydrogens is 130 g/mol. The molecule has 0 saturated heterocycles. The molecule has 0 aromatic heterocycles. The van der Waals surface area contributed by atoms with Gasteiger partial charge in [0.15, 0.2) is 0 Å². The van der Waals surface area contributed by atoms with Crippen molar-refractivity contribution in [2.24, 2.45) is 0 Å². The Bertz CT molecular complexity index is 224. The third-order valence-electron chi connectivity index (χ3n) is 1.69. The maximum atomic E-state index is 9.15. The van der Waals surface area contributed by atoms with Crippen LogP contribution in [0, 0.1) is 0 Å². The minimum atomic E-state index is -1.67. The zero-order valence-corrected chi connectivity index (χ0v) is 5.41. The van der Waals surface area contributed by atoms with Gasteiger partial charge in [0.25, 0.3) is 0 Å². The van der Waals surface area contributed by atoms with Crippen LogP contribution in [0.3, 0.4) is 0 Å². The Morgan fingerprint density at radius 2 is 1.40 bits per heavy atom. The second kappa shape index (κ2) is 1.79. The van der Waals surface area contributed by atoms with Crippen molar-refractivity contribution in [3.05, 3.63) is 35.5 Å². The van der Waals surface area contributed by atoms with Gasteiger partial charge in [-0.05, 0) is 0 Å². The van der Waals surface area contributed by atoms with Crippen molar-refractivity contribution in [3.8, 4) is 0 Å². The molecule has 0 heterocycles. The van der Waals surface area contributed by atoms with Gasteiger partial charge in [-0.1, -0.05) is 24.3 Å². The lowest BCUT2D eigenvalue weighted by molar-refractivity contribution is -0.0834. The van der Waals surface area contributed by atoms with E-state index in [4.69, 9.17) is 10.2 Å². The van der Waals surface area contributed by atoms with Gasteiger partial charge in [0.05, 0.1) is 0 Å². The van der Waals surface area contributed by atoms with E-state index in [1.165, 1.54) is 0 Å². The van der Waals surface area contributed by atoms with Crippen molar-refractivity contribution in [3.63, 3.8) is 0 Å². The summed E-state index contributed by atoms with van der Waals surface area (Å²) in [4.78, 5) is 0. The van der Waals surface area contributed by atoms with Crippen LogP contribution in [-0.4, -0.2) is 16.0 Å². The minimum absolute atomic E-state index is 0. The van der Waals surface area contributed by atoms with Crippen LogP contribution in [0.5, 0.6) is 0 Å². The molecule has 0 fully saturated rings. The van der Waals surface area contributed by atoms with Crippen LogP contribution < -0.4 is 6.15 Å². The second-order valence-electron chi connectivity index (χ2n) is 2.25. The van der Waals surface area contributed by atoms with E-state index < -0.39 is 5.79 Å². The molecule has 2 rings (SSSR count). The summed E-state index contributed by atoms with van der Waals surface area (Å²) in [6.07, 6.45) is 6.81. The molecule has 0 amide bonds. The molecule has 5 N–H and O–H groups in total. The Kier molecular flexibility index (Phi) is 1.29. The molecule has 54 valence electrons. The quantitative estimate of drug-likeness (QED) is 0.421. The van der Waals surface area contributed by atoms with Crippen LogP contribution >= 0.6 is 0 Å². The molecule has 0 atom stereocenters. The highest BCUT2D eigenvalue weighted by molar-refractivity contribution is 5.57. The lowest BCUT2D eigenvalue weighted by Gasteiger charge is -2.13. The zero-order chi connectivity index (χ0) is 6.48. The summed E-state index contributed by atoms with van der Waals surface area (Å²) in [6.45, 7) is 0. The molecule has 2 aliphatic rings. The Morgan fingerprint density at radius 1 is 1.00 bits per heavy atom. The summed E-state index contributed by atoms with van der Waals surface area (Å²) >= 11 is 0. The predicted molar refractivity (Wildman–Crippen MR) is 37.5 cm³/mol. The third kappa shape index (κ3) is 0.593. The summed E-state index contributed by atoms with van der Waals surface area (Å²) in [7, 11) is 0. The molecule has 0 aromatic carbocycles. The van der Waals surface area contributed by atoms with Crippen LogP contribution in [0.25, 0.3) is 0 Å². The summed E-state index contributed by atoms with van der Waals surface area (Å²) < 4.78 is 0. The Morgan fingerprint density at radius 3 is 1.50 bits per heavy atom. The molecule has 0 radical (unpaired) electrons. The van der Waals surface area contributed by atoms with Gasteiger partial charge in [0, 0.05) is 11.1 Å². The lowest BCUT2D eigenvalue weighted by atomic mass is 10.1. The predicted octanol–water partition coefficient (Wildman–Crippen LogP) is 0.266. The number of hydrogen-bond acceptors (Lipinski definition) is 3. The summed E-state index contributed by atoms with van der Waals surface area (Å²) in [6, 6.07) is 0. The molecule has 2 aliphatic carbocycles. The average Bonchev–Trinajstić information content (AvgIpc) is 2.24. The van der Waals surface area contributed by atoms with E-state index in [0.717, 1.165) is 0 Å². The first-order valence-corrected chi connectivity index (χ1v) is 2.77. The monoisotopic (exact) mass is 139 g/mol. The number of hydrogen-bond donors (Lipinski definition) is 3. The molecule has 3 nitrogen and oxygen atoms in total. The van der Waals surface area contributed by atoms with Crippen LogP contribution in [0.15, 0.2) is 35.5 Å². The van der Waals surface area contributed by atoms with E-state index in [9.17, 15) is 0 Å². The smallest absolute Gasteiger partial charge is 0.217 e. The first-order valence-electron chi connectivity index (χ1n) is 2.77. The van der Waals surface area contributed by atoms with Gasteiger partial charge < -0.3 is 16.4 Å². The Labute approximate surface area is 58.6 Å². The molecule has 0 unspecified atom stereocenters. The summed E-state index contributed by atoms with van der Waals surface area (Å²) in [5.41, 5.74) is 1.13. The SMILES string of the molecule is N.OC1(O)C2=CC=C1C=C2. The topological polar surface area (TPSA) is 75.5 Å². The van der Waals surface area contributed by atoms with Gasteiger partial charge in [0.2, 0.25) is 5.79 Å². The van der Waals surface area contributed by atoms with Crippen LogP contribution in [-0.2, 0) is 0 Å². The van der Waals surface area contributed by atoms with Crippen molar-refractivity contribution in [2.75, 3.05) is 0 Å². The molecule has 0 saturated carbocycles. The fraction of sp³-hybridized carbons (Fsp3) is 0.143. The van der Waals surface area contributed by atoms with E-state index in [1.54, 1.807) is 24.3 Å². The van der Waals surface area contributed by atoms with E-state index in [0.29, 0.717) is 11.1 Å². The molecule has 2 bridgehead atoms. The fourth-order valence-electron chi connectivity index (χ4n) is 1.10. The summed E-state index contributed by atoms with van der Waals surface area (Å²) in [5, 5.41) is 18.3. The number of fused-ring (bicyclic) bond motifs is 2.